The zero-order valence-electron chi connectivity index (χ0n) is 8.32. The molecule has 2 heterocycles. The highest BCUT2D eigenvalue weighted by atomic mass is 16.5. The van der Waals surface area contributed by atoms with E-state index in [4.69, 9.17) is 14.9 Å². The van der Waals surface area contributed by atoms with Crippen molar-refractivity contribution in [3.63, 3.8) is 0 Å². The van der Waals surface area contributed by atoms with Crippen LogP contribution in [0.2, 0.25) is 0 Å². The van der Waals surface area contributed by atoms with Crippen LogP contribution in [0.5, 0.6) is 0 Å². The van der Waals surface area contributed by atoms with Crippen molar-refractivity contribution in [1.82, 2.24) is 0 Å². The molecule has 14 heavy (non-hydrogen) atoms. The summed E-state index contributed by atoms with van der Waals surface area (Å²) in [5, 5.41) is 0. The molecule has 1 unspecified atom stereocenters. The smallest absolute Gasteiger partial charge is 0.125 e. The third-order valence-corrected chi connectivity index (χ3v) is 2.48. The van der Waals surface area contributed by atoms with Gasteiger partial charge in [-0.3, -0.25) is 0 Å². The van der Waals surface area contributed by atoms with E-state index in [1.165, 1.54) is 0 Å². The molecule has 1 atom stereocenters. The van der Waals surface area contributed by atoms with Crippen molar-refractivity contribution in [3.8, 4) is 0 Å². The molecule has 0 aliphatic carbocycles. The lowest BCUT2D eigenvalue weighted by Crippen LogP contribution is -2.11. The zero-order chi connectivity index (χ0) is 9.97. The van der Waals surface area contributed by atoms with Gasteiger partial charge in [0.05, 0.1) is 18.9 Å². The van der Waals surface area contributed by atoms with E-state index in [1.54, 1.807) is 6.26 Å². The molecule has 0 aromatic carbocycles. The van der Waals surface area contributed by atoms with Crippen molar-refractivity contribution >= 4 is 0 Å². The Labute approximate surface area is 83.5 Å². The first-order valence-corrected chi connectivity index (χ1v) is 4.96. The first-order valence-electron chi connectivity index (χ1n) is 4.96. The van der Waals surface area contributed by atoms with E-state index in [2.05, 4.69) is 6.92 Å². The van der Waals surface area contributed by atoms with Crippen LogP contribution in [-0.4, -0.2) is 6.61 Å². The van der Waals surface area contributed by atoms with Crippen LogP contribution in [0.4, 0.5) is 0 Å². The SMILES string of the molecule is CCc1ccc(C(N)C2=COCC2)o1. The molecule has 2 rings (SSSR count). The van der Waals surface area contributed by atoms with Gasteiger partial charge < -0.3 is 14.9 Å². The normalized spacial score (nSPS) is 17.7. The number of furan rings is 1. The lowest BCUT2D eigenvalue weighted by atomic mass is 10.1. The largest absolute Gasteiger partial charge is 0.501 e. The molecule has 0 spiro atoms. The van der Waals surface area contributed by atoms with Gasteiger partial charge in [0.15, 0.2) is 0 Å². The number of hydrogen-bond donors (Lipinski definition) is 1. The van der Waals surface area contributed by atoms with Gasteiger partial charge in [0.2, 0.25) is 0 Å². The van der Waals surface area contributed by atoms with Crippen molar-refractivity contribution in [2.75, 3.05) is 6.61 Å². The predicted octanol–water partition coefficient (Wildman–Crippen LogP) is 2.15. The van der Waals surface area contributed by atoms with Crippen LogP contribution in [0.3, 0.4) is 0 Å². The van der Waals surface area contributed by atoms with E-state index >= 15 is 0 Å². The van der Waals surface area contributed by atoms with Crippen LogP contribution >= 0.6 is 0 Å². The molecule has 0 amide bonds. The Morgan fingerprint density at radius 3 is 2.93 bits per heavy atom. The first kappa shape index (κ1) is 9.34. The highest BCUT2D eigenvalue weighted by molar-refractivity contribution is 5.22. The Hall–Kier alpha value is -1.22. The molecule has 2 N–H and O–H groups in total. The van der Waals surface area contributed by atoms with Gasteiger partial charge >= 0.3 is 0 Å². The fraction of sp³-hybridized carbons (Fsp3) is 0.455. The van der Waals surface area contributed by atoms with Gasteiger partial charge in [0, 0.05) is 12.8 Å². The van der Waals surface area contributed by atoms with Crippen LogP contribution in [-0.2, 0) is 11.2 Å². The summed E-state index contributed by atoms with van der Waals surface area (Å²) in [6, 6.07) is 3.78. The minimum absolute atomic E-state index is 0.141. The third kappa shape index (κ3) is 1.68. The molecular weight excluding hydrogens is 178 g/mol. The summed E-state index contributed by atoms with van der Waals surface area (Å²) in [6.45, 7) is 2.80. The van der Waals surface area contributed by atoms with Crippen molar-refractivity contribution in [2.45, 2.75) is 25.8 Å². The average Bonchev–Trinajstić information content (AvgIpc) is 2.88. The van der Waals surface area contributed by atoms with Crippen molar-refractivity contribution < 1.29 is 9.15 Å². The minimum atomic E-state index is -0.141. The average molecular weight is 193 g/mol. The fourth-order valence-corrected chi connectivity index (χ4v) is 1.56. The molecule has 1 aliphatic rings. The molecule has 0 saturated carbocycles. The number of hydrogen-bond acceptors (Lipinski definition) is 3. The second kappa shape index (κ2) is 3.88. The monoisotopic (exact) mass is 193 g/mol. The summed E-state index contributed by atoms with van der Waals surface area (Å²) in [5.74, 6) is 1.81. The maximum absolute atomic E-state index is 6.03. The Morgan fingerprint density at radius 1 is 1.50 bits per heavy atom. The van der Waals surface area contributed by atoms with Crippen molar-refractivity contribution in [3.05, 3.63) is 35.5 Å². The number of aryl methyl sites for hydroxylation is 1. The Balaban J connectivity index is 2.13. The third-order valence-electron chi connectivity index (χ3n) is 2.48. The number of nitrogens with two attached hydrogens (primary N) is 1. The summed E-state index contributed by atoms with van der Waals surface area (Å²) in [5.41, 5.74) is 7.14. The van der Waals surface area contributed by atoms with Gasteiger partial charge in [-0.15, -0.1) is 0 Å². The van der Waals surface area contributed by atoms with E-state index in [0.29, 0.717) is 0 Å². The highest BCUT2D eigenvalue weighted by Crippen LogP contribution is 2.26. The minimum Gasteiger partial charge on any atom is -0.501 e. The summed E-state index contributed by atoms with van der Waals surface area (Å²) >= 11 is 0. The molecule has 1 aromatic rings. The lowest BCUT2D eigenvalue weighted by Gasteiger charge is -2.07. The fourth-order valence-electron chi connectivity index (χ4n) is 1.56. The van der Waals surface area contributed by atoms with Crippen LogP contribution in [0.15, 0.2) is 28.4 Å². The summed E-state index contributed by atoms with van der Waals surface area (Å²) in [4.78, 5) is 0. The van der Waals surface area contributed by atoms with Crippen LogP contribution < -0.4 is 5.73 Å². The molecule has 0 saturated heterocycles. The topological polar surface area (TPSA) is 48.4 Å². The molecule has 1 aliphatic heterocycles. The number of rotatable bonds is 3. The second-order valence-electron chi connectivity index (χ2n) is 3.45. The van der Waals surface area contributed by atoms with Crippen LogP contribution in [0.25, 0.3) is 0 Å². The van der Waals surface area contributed by atoms with Gasteiger partial charge in [0.1, 0.15) is 11.5 Å². The van der Waals surface area contributed by atoms with Crippen LogP contribution in [0, 0.1) is 0 Å². The predicted molar refractivity (Wildman–Crippen MR) is 53.7 cm³/mol. The second-order valence-corrected chi connectivity index (χ2v) is 3.45. The Morgan fingerprint density at radius 2 is 2.36 bits per heavy atom. The molecule has 3 nitrogen and oxygen atoms in total. The summed E-state index contributed by atoms with van der Waals surface area (Å²) < 4.78 is 10.7. The van der Waals surface area contributed by atoms with Gasteiger partial charge in [-0.25, -0.2) is 0 Å². The van der Waals surface area contributed by atoms with E-state index in [9.17, 15) is 0 Å². The van der Waals surface area contributed by atoms with E-state index < -0.39 is 0 Å². The molecule has 3 heteroatoms. The van der Waals surface area contributed by atoms with Gasteiger partial charge in [-0.05, 0) is 17.7 Å². The zero-order valence-corrected chi connectivity index (χ0v) is 8.32. The molecule has 76 valence electrons. The van der Waals surface area contributed by atoms with Crippen molar-refractivity contribution in [1.29, 1.82) is 0 Å². The van der Waals surface area contributed by atoms with E-state index in [-0.39, 0.29) is 6.04 Å². The molecule has 1 aromatic heterocycles. The maximum Gasteiger partial charge on any atom is 0.125 e. The summed E-state index contributed by atoms with van der Waals surface area (Å²) in [6.07, 6.45) is 3.56. The van der Waals surface area contributed by atoms with E-state index in [1.807, 2.05) is 12.1 Å². The first-order chi connectivity index (χ1) is 6.81. The van der Waals surface area contributed by atoms with Gasteiger partial charge in [-0.2, -0.15) is 0 Å². The Bertz CT molecular complexity index is 341. The molecule has 0 fully saturated rings. The standard InChI is InChI=1S/C11H15NO2/c1-2-9-3-4-10(14-9)11(12)8-5-6-13-7-8/h3-4,7,11H,2,5-6,12H2,1H3. The molecule has 0 radical (unpaired) electrons. The molecule has 0 bridgehead atoms. The Kier molecular flexibility index (Phi) is 2.59. The molecular formula is C11H15NO2. The summed E-state index contributed by atoms with van der Waals surface area (Å²) in [7, 11) is 0. The van der Waals surface area contributed by atoms with Gasteiger partial charge in [-0.1, -0.05) is 6.92 Å². The van der Waals surface area contributed by atoms with Crippen LogP contribution in [0.1, 0.15) is 30.9 Å². The number of ether oxygens (including phenoxy) is 1. The van der Waals surface area contributed by atoms with Gasteiger partial charge in [0.25, 0.3) is 0 Å². The highest BCUT2D eigenvalue weighted by Gasteiger charge is 2.18. The van der Waals surface area contributed by atoms with Crippen molar-refractivity contribution in [2.24, 2.45) is 5.73 Å². The van der Waals surface area contributed by atoms with E-state index in [0.717, 1.165) is 36.5 Å². The lowest BCUT2D eigenvalue weighted by molar-refractivity contribution is 0.281. The quantitative estimate of drug-likeness (QED) is 0.800. The maximum atomic E-state index is 6.03.